The lowest BCUT2D eigenvalue weighted by molar-refractivity contribution is -0.168. The van der Waals surface area contributed by atoms with Crippen LogP contribution >= 0.6 is 0 Å². The minimum atomic E-state index is -2.37. The number of hydrogen-bond donors (Lipinski definition) is 2. The summed E-state index contributed by atoms with van der Waals surface area (Å²) in [5.74, 6) is -2.93. The van der Waals surface area contributed by atoms with E-state index >= 15 is 0 Å². The summed E-state index contributed by atoms with van der Waals surface area (Å²) in [5, 5.41) is 18.3. The Morgan fingerprint density at radius 2 is 1.62 bits per heavy atom. The molecule has 1 aromatic carbocycles. The van der Waals surface area contributed by atoms with E-state index in [1.54, 1.807) is 44.0 Å². The number of rotatable bonds is 3. The van der Waals surface area contributed by atoms with Crippen LogP contribution < -0.4 is 4.90 Å². The van der Waals surface area contributed by atoms with Crippen molar-refractivity contribution in [3.8, 4) is 0 Å². The Labute approximate surface area is 137 Å². The van der Waals surface area contributed by atoms with Crippen LogP contribution in [0.1, 0.15) is 25.0 Å². The molecule has 0 aliphatic carbocycles. The molecule has 24 heavy (non-hydrogen) atoms. The minimum absolute atomic E-state index is 0.160. The van der Waals surface area contributed by atoms with Crippen LogP contribution in [0, 0.1) is 6.92 Å². The van der Waals surface area contributed by atoms with Crippen LogP contribution in [-0.2, 0) is 20.1 Å². The summed E-state index contributed by atoms with van der Waals surface area (Å²) in [4.78, 5) is 36.5. The number of fused-ring (bicyclic) bond motifs is 1. The van der Waals surface area contributed by atoms with Crippen molar-refractivity contribution in [1.29, 1.82) is 0 Å². The van der Waals surface area contributed by atoms with E-state index in [-0.39, 0.29) is 11.1 Å². The molecule has 128 valence electrons. The molecule has 0 aromatic heterocycles. The Balaban J connectivity index is 2.95. The number of hydrogen-bond acceptors (Lipinski definition) is 6. The molecule has 8 heteroatoms. The molecule has 0 fully saturated rings. The van der Waals surface area contributed by atoms with Crippen LogP contribution in [-0.4, -0.2) is 35.4 Å². The lowest BCUT2D eigenvalue weighted by Gasteiger charge is -2.41. The molecule has 0 bridgehead atoms. The van der Waals surface area contributed by atoms with Crippen molar-refractivity contribution in [2.45, 2.75) is 26.6 Å². The Bertz CT molecular complexity index is 750. The highest BCUT2D eigenvalue weighted by Crippen LogP contribution is 2.48. The number of Topliss-reactive ketones (excluding diaryl/α,β-unsaturated/α-hetero) is 1. The Kier molecular flexibility index (Phi) is 4.24. The maximum absolute atomic E-state index is 12.2. The van der Waals surface area contributed by atoms with E-state index in [2.05, 4.69) is 0 Å². The van der Waals surface area contributed by atoms with Gasteiger partial charge in [0.1, 0.15) is 5.57 Å². The van der Waals surface area contributed by atoms with Gasteiger partial charge in [0, 0.05) is 12.7 Å². The fourth-order valence-electron chi connectivity index (χ4n) is 3.03. The zero-order valence-corrected chi connectivity index (χ0v) is 13.6. The number of ketones is 1. The Morgan fingerprint density at radius 1 is 1.08 bits per heavy atom. The van der Waals surface area contributed by atoms with E-state index in [1.807, 2.05) is 0 Å². The molecule has 8 nitrogen and oxygen atoms in total. The van der Waals surface area contributed by atoms with Crippen molar-refractivity contribution in [3.63, 3.8) is 0 Å². The van der Waals surface area contributed by atoms with Crippen LogP contribution in [0.15, 0.2) is 29.5 Å². The van der Waals surface area contributed by atoms with Gasteiger partial charge in [-0.2, -0.15) is 0 Å². The van der Waals surface area contributed by atoms with Gasteiger partial charge in [-0.1, -0.05) is 12.1 Å². The summed E-state index contributed by atoms with van der Waals surface area (Å²) < 4.78 is 9.80. The lowest BCUT2D eigenvalue weighted by Crippen LogP contribution is -2.47. The van der Waals surface area contributed by atoms with Crippen molar-refractivity contribution < 1.29 is 34.1 Å². The molecule has 1 heterocycles. The molecule has 0 spiro atoms. The van der Waals surface area contributed by atoms with E-state index in [4.69, 9.17) is 19.7 Å². The van der Waals surface area contributed by atoms with Crippen molar-refractivity contribution in [2.24, 2.45) is 0 Å². The van der Waals surface area contributed by atoms with Crippen molar-refractivity contribution >= 4 is 23.8 Å². The van der Waals surface area contributed by atoms with Crippen LogP contribution in [0.3, 0.4) is 0 Å². The molecular formula is C16H17NO7. The molecule has 0 radical (unpaired) electrons. The fraction of sp³-hybridized carbons (Fsp3) is 0.312. The molecule has 1 aliphatic rings. The van der Waals surface area contributed by atoms with Crippen LogP contribution in [0.4, 0.5) is 15.3 Å². The van der Waals surface area contributed by atoms with Gasteiger partial charge < -0.3 is 24.6 Å². The number of ether oxygens (including phenoxy) is 2. The normalized spacial score (nSPS) is 15.6. The first-order chi connectivity index (χ1) is 11.1. The topological polar surface area (TPSA) is 113 Å². The molecular weight excluding hydrogens is 318 g/mol. The number of benzene rings is 1. The second kappa shape index (κ2) is 5.88. The monoisotopic (exact) mass is 335 g/mol. The summed E-state index contributed by atoms with van der Waals surface area (Å²) in [5.41, 5.74) is 1.32. The zero-order valence-electron chi connectivity index (χ0n) is 13.6. The van der Waals surface area contributed by atoms with E-state index in [1.165, 1.54) is 6.92 Å². The van der Waals surface area contributed by atoms with Crippen molar-refractivity contribution in [2.75, 3.05) is 11.9 Å². The summed E-state index contributed by atoms with van der Waals surface area (Å²) in [6, 6.07) is 5.03. The van der Waals surface area contributed by atoms with Gasteiger partial charge in [0.15, 0.2) is 5.78 Å². The van der Waals surface area contributed by atoms with Crippen LogP contribution in [0.25, 0.3) is 0 Å². The second-order valence-corrected chi connectivity index (χ2v) is 5.40. The zero-order chi connectivity index (χ0) is 18.2. The van der Waals surface area contributed by atoms with Gasteiger partial charge in [-0.05, 0) is 32.4 Å². The first kappa shape index (κ1) is 17.3. The van der Waals surface area contributed by atoms with Crippen molar-refractivity contribution in [1.82, 2.24) is 0 Å². The highest BCUT2D eigenvalue weighted by molar-refractivity contribution is 5.99. The largest absolute Gasteiger partial charge is 0.509 e. The number of allylic oxidation sites excluding steroid dienone is 1. The first-order valence-electron chi connectivity index (χ1n) is 7.01. The first-order valence-corrected chi connectivity index (χ1v) is 7.01. The standard InChI is InChI=1S/C16H17NO7/c1-8-6-5-7-11-12(8)16(23-14(19)20,24-15(21)22)13(10(3)18)9(2)17(11)4/h5-7H,1-4H3,(H,19,20)(H,21,22). The molecule has 0 amide bonds. The molecule has 0 unspecified atom stereocenters. The fourth-order valence-corrected chi connectivity index (χ4v) is 3.03. The van der Waals surface area contributed by atoms with Crippen LogP contribution in [0.2, 0.25) is 0 Å². The maximum Gasteiger partial charge on any atom is 0.509 e. The van der Waals surface area contributed by atoms with Gasteiger partial charge in [0.2, 0.25) is 0 Å². The minimum Gasteiger partial charge on any atom is -0.450 e. The quantitative estimate of drug-likeness (QED) is 0.640. The highest BCUT2D eigenvalue weighted by atomic mass is 16.8. The lowest BCUT2D eigenvalue weighted by atomic mass is 9.85. The Morgan fingerprint density at radius 3 is 2.08 bits per heavy atom. The molecule has 0 saturated heterocycles. The number of carboxylic acid groups (broad SMARTS) is 2. The molecule has 1 aliphatic heterocycles. The number of carbonyl (C=O) groups excluding carboxylic acids is 1. The van der Waals surface area contributed by atoms with E-state index < -0.39 is 23.9 Å². The van der Waals surface area contributed by atoms with Gasteiger partial charge >= 0.3 is 18.1 Å². The van der Waals surface area contributed by atoms with Crippen LogP contribution in [0.5, 0.6) is 0 Å². The number of anilines is 1. The SMILES string of the molecule is CC(=O)C1=C(C)N(C)c2cccc(C)c2C1(OC(=O)O)OC(=O)O. The van der Waals surface area contributed by atoms with Gasteiger partial charge in [-0.3, -0.25) is 4.79 Å². The molecule has 0 atom stereocenters. The predicted octanol–water partition coefficient (Wildman–Crippen LogP) is 2.85. The van der Waals surface area contributed by atoms with E-state index in [0.29, 0.717) is 16.9 Å². The third-order valence-electron chi connectivity index (χ3n) is 3.95. The predicted molar refractivity (Wildman–Crippen MR) is 82.9 cm³/mol. The number of aryl methyl sites for hydroxylation is 1. The summed E-state index contributed by atoms with van der Waals surface area (Å²) >= 11 is 0. The summed E-state index contributed by atoms with van der Waals surface area (Å²) in [6.45, 7) is 4.41. The maximum atomic E-state index is 12.2. The van der Waals surface area contributed by atoms with Gasteiger partial charge in [0.05, 0.1) is 11.3 Å². The van der Waals surface area contributed by atoms with Crippen molar-refractivity contribution in [3.05, 3.63) is 40.6 Å². The third kappa shape index (κ3) is 2.55. The second-order valence-electron chi connectivity index (χ2n) is 5.40. The van der Waals surface area contributed by atoms with Gasteiger partial charge in [-0.15, -0.1) is 0 Å². The third-order valence-corrected chi connectivity index (χ3v) is 3.95. The van der Waals surface area contributed by atoms with E-state index in [0.717, 1.165) is 0 Å². The molecule has 1 aromatic rings. The van der Waals surface area contributed by atoms with Gasteiger partial charge in [-0.25, -0.2) is 9.59 Å². The average molecular weight is 335 g/mol. The molecule has 2 N–H and O–H groups in total. The highest BCUT2D eigenvalue weighted by Gasteiger charge is 2.53. The molecule has 0 saturated carbocycles. The average Bonchev–Trinajstić information content (AvgIpc) is 2.42. The Hall–Kier alpha value is -3.03. The summed E-state index contributed by atoms with van der Waals surface area (Å²) in [6.07, 6.45) is -3.52. The molecule has 2 rings (SSSR count). The number of carbonyl (C=O) groups is 3. The van der Waals surface area contributed by atoms with E-state index in [9.17, 15) is 14.4 Å². The smallest absolute Gasteiger partial charge is 0.450 e. The van der Waals surface area contributed by atoms with Gasteiger partial charge in [0.25, 0.3) is 0 Å². The summed E-state index contributed by atoms with van der Waals surface area (Å²) in [7, 11) is 1.68. The number of nitrogens with zero attached hydrogens (tertiary/aromatic N) is 1.